The second kappa shape index (κ2) is 3.48. The predicted molar refractivity (Wildman–Crippen MR) is 49.4 cm³/mol. The van der Waals surface area contributed by atoms with Gasteiger partial charge in [-0.25, -0.2) is 0 Å². The van der Waals surface area contributed by atoms with Crippen LogP contribution in [-0.4, -0.2) is 26.0 Å². The lowest BCUT2D eigenvalue weighted by atomic mass is 9.94. The second-order valence-electron chi connectivity index (χ2n) is 3.95. The molecule has 0 amide bonds. The lowest BCUT2D eigenvalue weighted by molar-refractivity contribution is -0.120. The van der Waals surface area contributed by atoms with E-state index in [9.17, 15) is 4.79 Å². The Labute approximate surface area is 82.5 Å². The van der Waals surface area contributed by atoms with Crippen molar-refractivity contribution in [2.24, 2.45) is 18.9 Å². The zero-order chi connectivity index (χ0) is 10.1. The quantitative estimate of drug-likeness (QED) is 0.682. The lowest BCUT2D eigenvalue weighted by Gasteiger charge is -2.10. The predicted octanol–water partition coefficient (Wildman–Crippen LogP) is 0.368. The van der Waals surface area contributed by atoms with Gasteiger partial charge in [0.2, 0.25) is 0 Å². The number of carbonyl (C=O) groups is 1. The van der Waals surface area contributed by atoms with Gasteiger partial charge in [-0.1, -0.05) is 6.92 Å². The molecule has 14 heavy (non-hydrogen) atoms. The van der Waals surface area contributed by atoms with Crippen LogP contribution in [0.4, 0.5) is 0 Å². The molecule has 2 unspecified atom stereocenters. The summed E-state index contributed by atoms with van der Waals surface area (Å²) < 4.78 is 0. The standard InChI is InChI=1S/C9H14N4O/c1-6-7(3-4-8(6)14)5-9-10-12-13(2)11-9/h6-7H,3-5H2,1-2H3. The SMILES string of the molecule is CC1C(=O)CCC1Cc1nnn(C)n1. The number of nitrogens with zero attached hydrogens (tertiary/aromatic N) is 4. The normalized spacial score (nSPS) is 27.1. The molecule has 1 aromatic rings. The number of tetrazole rings is 1. The highest BCUT2D eigenvalue weighted by Crippen LogP contribution is 2.30. The minimum Gasteiger partial charge on any atom is -0.299 e. The molecule has 1 saturated carbocycles. The molecule has 1 fully saturated rings. The summed E-state index contributed by atoms with van der Waals surface area (Å²) in [4.78, 5) is 12.8. The summed E-state index contributed by atoms with van der Waals surface area (Å²) >= 11 is 0. The van der Waals surface area contributed by atoms with Gasteiger partial charge in [-0.15, -0.1) is 10.2 Å². The van der Waals surface area contributed by atoms with E-state index in [0.29, 0.717) is 18.1 Å². The first-order valence-corrected chi connectivity index (χ1v) is 4.92. The lowest BCUT2D eigenvalue weighted by Crippen LogP contribution is -2.13. The van der Waals surface area contributed by atoms with Crippen LogP contribution in [0, 0.1) is 11.8 Å². The van der Waals surface area contributed by atoms with Crippen LogP contribution < -0.4 is 0 Å². The molecule has 0 aliphatic heterocycles. The molecule has 0 saturated heterocycles. The zero-order valence-corrected chi connectivity index (χ0v) is 8.47. The van der Waals surface area contributed by atoms with Crippen LogP contribution in [0.1, 0.15) is 25.6 Å². The van der Waals surface area contributed by atoms with E-state index in [0.717, 1.165) is 18.7 Å². The highest BCUT2D eigenvalue weighted by Gasteiger charge is 2.31. The Kier molecular flexibility index (Phi) is 2.31. The Morgan fingerprint density at radius 3 is 2.86 bits per heavy atom. The maximum absolute atomic E-state index is 11.3. The fraction of sp³-hybridized carbons (Fsp3) is 0.778. The minimum absolute atomic E-state index is 0.166. The van der Waals surface area contributed by atoms with Gasteiger partial charge in [0.1, 0.15) is 5.78 Å². The first-order chi connectivity index (χ1) is 6.66. The van der Waals surface area contributed by atoms with Crippen molar-refractivity contribution in [2.75, 3.05) is 0 Å². The molecule has 0 spiro atoms. The summed E-state index contributed by atoms with van der Waals surface area (Å²) in [5.74, 6) is 1.70. The molecule has 76 valence electrons. The Morgan fingerprint density at radius 2 is 2.36 bits per heavy atom. The number of aromatic nitrogens is 4. The molecule has 1 aliphatic rings. The molecule has 1 aromatic heterocycles. The van der Waals surface area contributed by atoms with Gasteiger partial charge < -0.3 is 0 Å². The van der Waals surface area contributed by atoms with Crippen molar-refractivity contribution in [3.05, 3.63) is 5.82 Å². The van der Waals surface area contributed by atoms with Crippen molar-refractivity contribution in [3.8, 4) is 0 Å². The maximum Gasteiger partial charge on any atom is 0.175 e. The Morgan fingerprint density at radius 1 is 1.57 bits per heavy atom. The molecule has 2 atom stereocenters. The van der Waals surface area contributed by atoms with Crippen LogP contribution in [0.2, 0.25) is 0 Å². The van der Waals surface area contributed by atoms with E-state index in [-0.39, 0.29) is 5.92 Å². The van der Waals surface area contributed by atoms with E-state index in [2.05, 4.69) is 15.4 Å². The average Bonchev–Trinajstić information content (AvgIpc) is 2.67. The first kappa shape index (κ1) is 9.30. The van der Waals surface area contributed by atoms with Crippen LogP contribution in [0.25, 0.3) is 0 Å². The van der Waals surface area contributed by atoms with Crippen molar-refractivity contribution < 1.29 is 4.79 Å². The summed E-state index contributed by atoms with van der Waals surface area (Å²) in [5.41, 5.74) is 0. The summed E-state index contributed by atoms with van der Waals surface area (Å²) in [7, 11) is 1.75. The van der Waals surface area contributed by atoms with Gasteiger partial charge in [0.05, 0.1) is 7.05 Å². The summed E-state index contributed by atoms with van der Waals surface area (Å²) in [6.07, 6.45) is 2.46. The highest BCUT2D eigenvalue weighted by molar-refractivity contribution is 5.82. The van der Waals surface area contributed by atoms with Crippen molar-refractivity contribution in [2.45, 2.75) is 26.2 Å². The highest BCUT2D eigenvalue weighted by atomic mass is 16.1. The van der Waals surface area contributed by atoms with Gasteiger partial charge in [0.25, 0.3) is 0 Å². The number of hydrogen-bond donors (Lipinski definition) is 0. The molecular weight excluding hydrogens is 180 g/mol. The summed E-state index contributed by atoms with van der Waals surface area (Å²) in [6, 6.07) is 0. The van der Waals surface area contributed by atoms with Crippen molar-refractivity contribution >= 4 is 5.78 Å². The van der Waals surface area contributed by atoms with Crippen molar-refractivity contribution in [3.63, 3.8) is 0 Å². The van der Waals surface area contributed by atoms with Gasteiger partial charge in [-0.3, -0.25) is 4.79 Å². The monoisotopic (exact) mass is 194 g/mol. The number of rotatable bonds is 2. The maximum atomic E-state index is 11.3. The third-order valence-corrected chi connectivity index (χ3v) is 2.97. The number of Topliss-reactive ketones (excluding diaryl/α,β-unsaturated/α-hetero) is 1. The van der Waals surface area contributed by atoms with Gasteiger partial charge in [0.15, 0.2) is 5.82 Å². The van der Waals surface area contributed by atoms with Crippen LogP contribution in [0.5, 0.6) is 0 Å². The molecule has 0 aromatic carbocycles. The van der Waals surface area contributed by atoms with Crippen LogP contribution in [-0.2, 0) is 18.3 Å². The summed E-state index contributed by atoms with van der Waals surface area (Å²) in [5, 5.41) is 11.8. The Bertz CT molecular complexity index is 346. The fourth-order valence-corrected chi connectivity index (χ4v) is 1.99. The van der Waals surface area contributed by atoms with E-state index in [1.807, 2.05) is 6.92 Å². The topological polar surface area (TPSA) is 60.7 Å². The van der Waals surface area contributed by atoms with Gasteiger partial charge >= 0.3 is 0 Å². The van der Waals surface area contributed by atoms with Crippen molar-refractivity contribution in [1.29, 1.82) is 0 Å². The smallest absolute Gasteiger partial charge is 0.175 e. The van der Waals surface area contributed by atoms with E-state index in [1.54, 1.807) is 7.05 Å². The second-order valence-corrected chi connectivity index (χ2v) is 3.95. The molecule has 1 heterocycles. The largest absolute Gasteiger partial charge is 0.299 e. The molecule has 2 rings (SSSR count). The molecule has 0 N–H and O–H groups in total. The van der Waals surface area contributed by atoms with E-state index < -0.39 is 0 Å². The van der Waals surface area contributed by atoms with Gasteiger partial charge in [0, 0.05) is 18.8 Å². The van der Waals surface area contributed by atoms with Gasteiger partial charge in [-0.2, -0.15) is 4.80 Å². The number of aryl methyl sites for hydroxylation is 1. The third kappa shape index (κ3) is 1.66. The first-order valence-electron chi connectivity index (χ1n) is 4.92. The van der Waals surface area contributed by atoms with Crippen LogP contribution in [0.15, 0.2) is 0 Å². The van der Waals surface area contributed by atoms with E-state index >= 15 is 0 Å². The number of ketones is 1. The number of hydrogen-bond acceptors (Lipinski definition) is 4. The van der Waals surface area contributed by atoms with Crippen molar-refractivity contribution in [1.82, 2.24) is 20.2 Å². The van der Waals surface area contributed by atoms with E-state index in [4.69, 9.17) is 0 Å². The molecule has 0 radical (unpaired) electrons. The molecule has 5 heteroatoms. The molecule has 5 nitrogen and oxygen atoms in total. The Hall–Kier alpha value is -1.26. The molecule has 1 aliphatic carbocycles. The summed E-state index contributed by atoms with van der Waals surface area (Å²) in [6.45, 7) is 2.00. The van der Waals surface area contributed by atoms with Crippen LogP contribution in [0.3, 0.4) is 0 Å². The third-order valence-electron chi connectivity index (χ3n) is 2.97. The average molecular weight is 194 g/mol. The Balaban J connectivity index is 2.02. The number of carbonyl (C=O) groups excluding carboxylic acids is 1. The zero-order valence-electron chi connectivity index (χ0n) is 8.47. The fourth-order valence-electron chi connectivity index (χ4n) is 1.99. The minimum atomic E-state index is 0.166. The molecule has 0 bridgehead atoms. The molecular formula is C9H14N4O. The van der Waals surface area contributed by atoms with Crippen LogP contribution >= 0.6 is 0 Å². The van der Waals surface area contributed by atoms with E-state index in [1.165, 1.54) is 4.80 Å². The van der Waals surface area contributed by atoms with Gasteiger partial charge in [-0.05, 0) is 17.6 Å².